The second-order valence-corrected chi connectivity index (χ2v) is 4.71. The summed E-state index contributed by atoms with van der Waals surface area (Å²) in [5.41, 5.74) is 7.04. The van der Waals surface area contributed by atoms with Crippen LogP contribution in [0.1, 0.15) is 29.3 Å². The molecule has 0 aromatic heterocycles. The molecular formula is C13H17FN2O. The number of likely N-dealkylation sites (tertiary alicyclic amines) is 1. The highest BCUT2D eigenvalue weighted by Crippen LogP contribution is 2.20. The number of hydrogen-bond donors (Lipinski definition) is 1. The highest BCUT2D eigenvalue weighted by molar-refractivity contribution is 5.94. The highest BCUT2D eigenvalue weighted by atomic mass is 19.1. The van der Waals surface area contributed by atoms with Crippen LogP contribution < -0.4 is 5.73 Å². The summed E-state index contributed by atoms with van der Waals surface area (Å²) in [6.07, 6.45) is 0.807. The number of benzene rings is 1. The van der Waals surface area contributed by atoms with E-state index in [1.807, 2.05) is 6.92 Å². The van der Waals surface area contributed by atoms with Crippen molar-refractivity contribution in [2.45, 2.75) is 32.4 Å². The summed E-state index contributed by atoms with van der Waals surface area (Å²) < 4.78 is 13.3. The Labute approximate surface area is 100 Å². The van der Waals surface area contributed by atoms with Gasteiger partial charge in [-0.15, -0.1) is 0 Å². The summed E-state index contributed by atoms with van der Waals surface area (Å²) in [7, 11) is 0. The fourth-order valence-corrected chi connectivity index (χ4v) is 2.28. The molecule has 1 aliphatic rings. The van der Waals surface area contributed by atoms with E-state index in [4.69, 9.17) is 5.73 Å². The molecular weight excluding hydrogens is 219 g/mol. The van der Waals surface area contributed by atoms with Crippen molar-refractivity contribution in [2.24, 2.45) is 5.73 Å². The molecule has 2 atom stereocenters. The summed E-state index contributed by atoms with van der Waals surface area (Å²) in [5, 5.41) is 0. The standard InChI is InChI=1S/C13H17FN2O/c1-8-5-10(7-11(14)6-8)13(17)16-4-3-12(15)9(16)2/h5-7,9,12H,3-4,15H2,1-2H3. The van der Waals surface area contributed by atoms with Gasteiger partial charge in [-0.25, -0.2) is 4.39 Å². The number of nitrogens with two attached hydrogens (primary N) is 1. The summed E-state index contributed by atoms with van der Waals surface area (Å²) in [6, 6.07) is 4.45. The van der Waals surface area contributed by atoms with Crippen LogP contribution in [-0.4, -0.2) is 29.4 Å². The van der Waals surface area contributed by atoms with E-state index in [0.29, 0.717) is 12.1 Å². The van der Waals surface area contributed by atoms with E-state index >= 15 is 0 Å². The zero-order chi connectivity index (χ0) is 12.6. The number of aryl methyl sites for hydroxylation is 1. The lowest BCUT2D eigenvalue weighted by molar-refractivity contribution is 0.0742. The third-order valence-corrected chi connectivity index (χ3v) is 3.36. The van der Waals surface area contributed by atoms with Gasteiger partial charge in [-0.3, -0.25) is 4.79 Å². The number of hydrogen-bond acceptors (Lipinski definition) is 2. The smallest absolute Gasteiger partial charge is 0.254 e. The molecule has 4 heteroatoms. The lowest BCUT2D eigenvalue weighted by Crippen LogP contribution is -2.40. The molecule has 2 N–H and O–H groups in total. The number of halogens is 1. The average Bonchev–Trinajstić information content (AvgIpc) is 2.57. The molecule has 1 fully saturated rings. The monoisotopic (exact) mass is 236 g/mol. The zero-order valence-electron chi connectivity index (χ0n) is 10.1. The van der Waals surface area contributed by atoms with Crippen LogP contribution in [0.25, 0.3) is 0 Å². The summed E-state index contributed by atoms with van der Waals surface area (Å²) >= 11 is 0. The van der Waals surface area contributed by atoms with Gasteiger partial charge in [0.1, 0.15) is 5.82 Å². The molecule has 2 unspecified atom stereocenters. The molecule has 3 nitrogen and oxygen atoms in total. The van der Waals surface area contributed by atoms with E-state index in [-0.39, 0.29) is 23.8 Å². The molecule has 0 radical (unpaired) electrons. The average molecular weight is 236 g/mol. The van der Waals surface area contributed by atoms with Crippen molar-refractivity contribution >= 4 is 5.91 Å². The largest absolute Gasteiger partial charge is 0.334 e. The quantitative estimate of drug-likeness (QED) is 0.806. The number of carbonyl (C=O) groups is 1. The third-order valence-electron chi connectivity index (χ3n) is 3.36. The van der Waals surface area contributed by atoms with E-state index in [2.05, 4.69) is 0 Å². The van der Waals surface area contributed by atoms with Gasteiger partial charge in [0.25, 0.3) is 5.91 Å². The van der Waals surface area contributed by atoms with Gasteiger partial charge in [-0.05, 0) is 44.0 Å². The minimum absolute atomic E-state index is 0.0195. The van der Waals surface area contributed by atoms with Gasteiger partial charge in [0, 0.05) is 24.2 Å². The Balaban J connectivity index is 2.25. The first-order valence-electron chi connectivity index (χ1n) is 5.83. The molecule has 92 valence electrons. The molecule has 1 saturated heterocycles. The minimum Gasteiger partial charge on any atom is -0.334 e. The van der Waals surface area contributed by atoms with Crippen LogP contribution in [0, 0.1) is 12.7 Å². The maximum absolute atomic E-state index is 13.3. The van der Waals surface area contributed by atoms with E-state index < -0.39 is 0 Å². The normalized spacial score (nSPS) is 24.1. The summed E-state index contributed by atoms with van der Waals surface area (Å²) in [4.78, 5) is 13.9. The van der Waals surface area contributed by atoms with E-state index in [1.165, 1.54) is 12.1 Å². The van der Waals surface area contributed by atoms with Crippen molar-refractivity contribution in [2.75, 3.05) is 6.54 Å². The van der Waals surface area contributed by atoms with Gasteiger partial charge in [-0.1, -0.05) is 0 Å². The SMILES string of the molecule is Cc1cc(F)cc(C(=O)N2CCC(N)C2C)c1. The lowest BCUT2D eigenvalue weighted by Gasteiger charge is -2.23. The first-order chi connectivity index (χ1) is 7.99. The molecule has 0 bridgehead atoms. The summed E-state index contributed by atoms with van der Waals surface area (Å²) in [5.74, 6) is -0.502. The van der Waals surface area contributed by atoms with Crippen LogP contribution in [0.2, 0.25) is 0 Å². The molecule has 0 saturated carbocycles. The van der Waals surface area contributed by atoms with Crippen molar-refractivity contribution in [3.8, 4) is 0 Å². The Bertz CT molecular complexity index is 427. The number of nitrogens with zero attached hydrogens (tertiary/aromatic N) is 1. The van der Waals surface area contributed by atoms with Crippen LogP contribution in [0.15, 0.2) is 18.2 Å². The van der Waals surface area contributed by atoms with Gasteiger partial charge in [0.15, 0.2) is 0 Å². The predicted octanol–water partition coefficient (Wildman–Crippen LogP) is 1.70. The molecule has 1 aromatic carbocycles. The van der Waals surface area contributed by atoms with Gasteiger partial charge >= 0.3 is 0 Å². The number of amides is 1. The Morgan fingerprint density at radius 3 is 2.71 bits per heavy atom. The number of carbonyl (C=O) groups excluding carboxylic acids is 1. The molecule has 1 aliphatic heterocycles. The van der Waals surface area contributed by atoms with Crippen LogP contribution in [0.4, 0.5) is 4.39 Å². The van der Waals surface area contributed by atoms with Gasteiger partial charge < -0.3 is 10.6 Å². The van der Waals surface area contributed by atoms with E-state index in [0.717, 1.165) is 12.0 Å². The number of rotatable bonds is 1. The molecule has 2 rings (SSSR count). The van der Waals surface area contributed by atoms with Gasteiger partial charge in [0.2, 0.25) is 0 Å². The van der Waals surface area contributed by atoms with Crippen molar-refractivity contribution in [3.63, 3.8) is 0 Å². The van der Waals surface area contributed by atoms with Crippen molar-refractivity contribution in [3.05, 3.63) is 35.1 Å². The topological polar surface area (TPSA) is 46.3 Å². The fourth-order valence-electron chi connectivity index (χ4n) is 2.28. The first-order valence-corrected chi connectivity index (χ1v) is 5.83. The third kappa shape index (κ3) is 2.31. The Kier molecular flexibility index (Phi) is 3.15. The fraction of sp³-hybridized carbons (Fsp3) is 0.462. The Morgan fingerprint density at radius 1 is 1.47 bits per heavy atom. The maximum atomic E-state index is 13.3. The Morgan fingerprint density at radius 2 is 2.18 bits per heavy atom. The first kappa shape index (κ1) is 12.0. The van der Waals surface area contributed by atoms with Crippen molar-refractivity contribution < 1.29 is 9.18 Å². The Hall–Kier alpha value is -1.42. The van der Waals surface area contributed by atoms with E-state index in [9.17, 15) is 9.18 Å². The predicted molar refractivity (Wildman–Crippen MR) is 64.2 cm³/mol. The van der Waals surface area contributed by atoms with Gasteiger partial charge in [-0.2, -0.15) is 0 Å². The van der Waals surface area contributed by atoms with Crippen LogP contribution in [0.3, 0.4) is 0 Å². The molecule has 1 heterocycles. The van der Waals surface area contributed by atoms with E-state index in [1.54, 1.807) is 17.9 Å². The molecule has 17 heavy (non-hydrogen) atoms. The van der Waals surface area contributed by atoms with Crippen molar-refractivity contribution in [1.82, 2.24) is 4.90 Å². The molecule has 0 spiro atoms. The summed E-state index contributed by atoms with van der Waals surface area (Å²) in [6.45, 7) is 4.36. The van der Waals surface area contributed by atoms with Crippen LogP contribution in [0.5, 0.6) is 0 Å². The second-order valence-electron chi connectivity index (χ2n) is 4.71. The minimum atomic E-state index is -0.371. The second kappa shape index (κ2) is 4.45. The van der Waals surface area contributed by atoms with Crippen LogP contribution in [-0.2, 0) is 0 Å². The highest BCUT2D eigenvalue weighted by Gasteiger charge is 2.31. The molecule has 1 aromatic rings. The lowest BCUT2D eigenvalue weighted by atomic mass is 10.1. The molecule has 0 aliphatic carbocycles. The molecule has 1 amide bonds. The van der Waals surface area contributed by atoms with Crippen molar-refractivity contribution in [1.29, 1.82) is 0 Å². The van der Waals surface area contributed by atoms with Crippen LogP contribution >= 0.6 is 0 Å². The van der Waals surface area contributed by atoms with Gasteiger partial charge in [0.05, 0.1) is 0 Å². The zero-order valence-corrected chi connectivity index (χ0v) is 10.1. The maximum Gasteiger partial charge on any atom is 0.254 e.